The smallest absolute Gasteiger partial charge is 0.387 e. The highest BCUT2D eigenvalue weighted by atomic mass is 32.2. The molecule has 0 aromatic heterocycles. The lowest BCUT2D eigenvalue weighted by Crippen LogP contribution is -2.14. The number of nitro groups is 1. The summed E-state index contributed by atoms with van der Waals surface area (Å²) in [6, 6.07) is 14.3. The standard InChI is InChI=1S/C21H17F2N3O6S/c1-13-2-11-18(12-19(13)26(28)29)33(30,31)25-16-5-3-14(4-6-16)20(27)24-15-7-9-17(10-8-15)32-21(22)23/h2-12,21,25H,1H3,(H,24,27). The highest BCUT2D eigenvalue weighted by molar-refractivity contribution is 7.92. The molecule has 33 heavy (non-hydrogen) atoms. The second-order valence-corrected chi connectivity index (χ2v) is 8.43. The summed E-state index contributed by atoms with van der Waals surface area (Å²) < 4.78 is 56.1. The van der Waals surface area contributed by atoms with Gasteiger partial charge in [-0.1, -0.05) is 6.07 Å². The lowest BCUT2D eigenvalue weighted by molar-refractivity contribution is -0.385. The van der Waals surface area contributed by atoms with Crippen LogP contribution in [0.1, 0.15) is 15.9 Å². The molecule has 3 aromatic carbocycles. The van der Waals surface area contributed by atoms with Crippen LogP contribution in [0.4, 0.5) is 25.8 Å². The molecule has 9 nitrogen and oxygen atoms in total. The lowest BCUT2D eigenvalue weighted by Gasteiger charge is -2.10. The second kappa shape index (κ2) is 9.61. The maximum absolute atomic E-state index is 12.6. The van der Waals surface area contributed by atoms with Crippen LogP contribution in [0.25, 0.3) is 0 Å². The Bertz CT molecular complexity index is 1280. The van der Waals surface area contributed by atoms with Crippen LogP contribution in [0.3, 0.4) is 0 Å². The number of carbonyl (C=O) groups is 1. The largest absolute Gasteiger partial charge is 0.435 e. The lowest BCUT2D eigenvalue weighted by atomic mass is 10.2. The average molecular weight is 477 g/mol. The number of anilines is 2. The molecule has 0 spiro atoms. The SMILES string of the molecule is Cc1ccc(S(=O)(=O)Nc2ccc(C(=O)Nc3ccc(OC(F)F)cc3)cc2)cc1[N+](=O)[O-]. The van der Waals surface area contributed by atoms with Gasteiger partial charge in [0.25, 0.3) is 21.6 Å². The molecule has 1 amide bonds. The minimum absolute atomic E-state index is 0.0569. The van der Waals surface area contributed by atoms with Crippen molar-refractivity contribution in [3.8, 4) is 5.75 Å². The fourth-order valence-corrected chi connectivity index (χ4v) is 3.86. The predicted octanol–water partition coefficient (Wildman–Crippen LogP) is 4.56. The Morgan fingerprint density at radius 1 is 1.00 bits per heavy atom. The van der Waals surface area contributed by atoms with Gasteiger partial charge in [-0.05, 0) is 61.5 Å². The topological polar surface area (TPSA) is 128 Å². The Kier molecular flexibility index (Phi) is 6.87. The molecule has 0 aliphatic heterocycles. The van der Waals surface area contributed by atoms with Gasteiger partial charge in [-0.3, -0.25) is 19.6 Å². The van der Waals surface area contributed by atoms with Crippen LogP contribution in [0, 0.1) is 17.0 Å². The first-order valence-corrected chi connectivity index (χ1v) is 10.8. The molecule has 0 bridgehead atoms. The Balaban J connectivity index is 1.69. The number of hydrogen-bond acceptors (Lipinski definition) is 6. The van der Waals surface area contributed by atoms with Crippen LogP contribution < -0.4 is 14.8 Å². The van der Waals surface area contributed by atoms with E-state index in [0.29, 0.717) is 11.3 Å². The number of carbonyl (C=O) groups excluding carboxylic acids is 1. The summed E-state index contributed by atoms with van der Waals surface area (Å²) in [5.74, 6) is -0.570. The summed E-state index contributed by atoms with van der Waals surface area (Å²) in [5.41, 5.74) is 0.691. The normalized spacial score (nSPS) is 11.2. The third-order valence-corrected chi connectivity index (χ3v) is 5.80. The van der Waals surface area contributed by atoms with Crippen LogP contribution in [0.2, 0.25) is 0 Å². The minimum atomic E-state index is -4.10. The van der Waals surface area contributed by atoms with Gasteiger partial charge in [0.05, 0.1) is 9.82 Å². The molecule has 12 heteroatoms. The molecule has 0 aliphatic rings. The Labute approximate surface area is 187 Å². The molecule has 172 valence electrons. The summed E-state index contributed by atoms with van der Waals surface area (Å²) >= 11 is 0. The van der Waals surface area contributed by atoms with Gasteiger partial charge in [-0.15, -0.1) is 0 Å². The van der Waals surface area contributed by atoms with E-state index in [2.05, 4.69) is 14.8 Å². The zero-order valence-electron chi connectivity index (χ0n) is 17.0. The number of halogens is 2. The number of nitrogens with zero attached hydrogens (tertiary/aromatic N) is 1. The van der Waals surface area contributed by atoms with Gasteiger partial charge in [0.1, 0.15) is 5.75 Å². The van der Waals surface area contributed by atoms with Crippen molar-refractivity contribution in [3.63, 3.8) is 0 Å². The molecule has 2 N–H and O–H groups in total. The zero-order chi connectivity index (χ0) is 24.2. The number of amides is 1. The highest BCUT2D eigenvalue weighted by Gasteiger charge is 2.20. The van der Waals surface area contributed by atoms with Crippen molar-refractivity contribution < 1.29 is 31.7 Å². The van der Waals surface area contributed by atoms with Gasteiger partial charge < -0.3 is 10.1 Å². The van der Waals surface area contributed by atoms with Crippen LogP contribution in [-0.4, -0.2) is 25.9 Å². The molecule has 0 heterocycles. The van der Waals surface area contributed by atoms with Crippen LogP contribution in [0.5, 0.6) is 5.75 Å². The fraction of sp³-hybridized carbons (Fsp3) is 0.0952. The predicted molar refractivity (Wildman–Crippen MR) is 116 cm³/mol. The van der Waals surface area contributed by atoms with E-state index in [0.717, 1.165) is 6.07 Å². The maximum atomic E-state index is 12.6. The summed E-state index contributed by atoms with van der Waals surface area (Å²) in [5, 5.41) is 13.6. The number of sulfonamides is 1. The van der Waals surface area contributed by atoms with Crippen molar-refractivity contribution in [3.05, 3.63) is 88.0 Å². The average Bonchev–Trinajstić information content (AvgIpc) is 2.75. The van der Waals surface area contributed by atoms with E-state index in [1.165, 1.54) is 67.6 Å². The molecule has 0 fully saturated rings. The van der Waals surface area contributed by atoms with Gasteiger partial charge in [0.15, 0.2) is 0 Å². The van der Waals surface area contributed by atoms with E-state index < -0.39 is 27.5 Å². The van der Waals surface area contributed by atoms with E-state index in [4.69, 9.17) is 0 Å². The van der Waals surface area contributed by atoms with E-state index >= 15 is 0 Å². The summed E-state index contributed by atoms with van der Waals surface area (Å²) in [6.45, 7) is -1.46. The van der Waals surface area contributed by atoms with E-state index in [1.807, 2.05) is 0 Å². The molecule has 0 radical (unpaired) electrons. The summed E-state index contributed by atoms with van der Waals surface area (Å²) in [7, 11) is -4.10. The monoisotopic (exact) mass is 477 g/mol. The molecule has 0 saturated carbocycles. The van der Waals surface area contributed by atoms with Crippen molar-refractivity contribution in [1.82, 2.24) is 0 Å². The van der Waals surface area contributed by atoms with Gasteiger partial charge in [-0.25, -0.2) is 8.42 Å². The minimum Gasteiger partial charge on any atom is -0.435 e. The van der Waals surface area contributed by atoms with Gasteiger partial charge in [0.2, 0.25) is 0 Å². The molecular weight excluding hydrogens is 460 g/mol. The first-order chi connectivity index (χ1) is 15.5. The molecular formula is C21H17F2N3O6S. The second-order valence-electron chi connectivity index (χ2n) is 6.75. The van der Waals surface area contributed by atoms with Crippen LogP contribution >= 0.6 is 0 Å². The number of alkyl halides is 2. The third kappa shape index (κ3) is 6.01. The first-order valence-electron chi connectivity index (χ1n) is 9.29. The van der Waals surface area contributed by atoms with Crippen LogP contribution in [-0.2, 0) is 10.0 Å². The number of hydrogen-bond donors (Lipinski definition) is 2. The molecule has 0 atom stereocenters. The Morgan fingerprint density at radius 2 is 1.61 bits per heavy atom. The van der Waals surface area contributed by atoms with Crippen molar-refractivity contribution >= 4 is 33.0 Å². The number of rotatable bonds is 8. The van der Waals surface area contributed by atoms with Gasteiger partial charge in [-0.2, -0.15) is 8.78 Å². The van der Waals surface area contributed by atoms with E-state index in [1.54, 1.807) is 0 Å². The number of ether oxygens (including phenoxy) is 1. The fourth-order valence-electron chi connectivity index (χ4n) is 2.78. The third-order valence-electron chi connectivity index (χ3n) is 4.42. The number of aryl methyl sites for hydroxylation is 1. The highest BCUT2D eigenvalue weighted by Crippen LogP contribution is 2.24. The zero-order valence-corrected chi connectivity index (χ0v) is 17.8. The number of nitro benzene ring substituents is 1. The van der Waals surface area contributed by atoms with Crippen molar-refractivity contribution in [2.75, 3.05) is 10.0 Å². The summed E-state index contributed by atoms with van der Waals surface area (Å²) in [6.07, 6.45) is 0. The molecule has 0 saturated heterocycles. The Hall–Kier alpha value is -4.06. The summed E-state index contributed by atoms with van der Waals surface area (Å²) in [4.78, 5) is 22.5. The van der Waals surface area contributed by atoms with Crippen molar-refractivity contribution in [1.29, 1.82) is 0 Å². The first kappa shape index (κ1) is 23.6. The maximum Gasteiger partial charge on any atom is 0.387 e. The molecule has 3 aromatic rings. The molecule has 0 unspecified atom stereocenters. The van der Waals surface area contributed by atoms with Crippen molar-refractivity contribution in [2.24, 2.45) is 0 Å². The molecule has 0 aliphatic carbocycles. The quantitative estimate of drug-likeness (QED) is 0.362. The number of nitrogens with one attached hydrogen (secondary N) is 2. The van der Waals surface area contributed by atoms with Crippen molar-refractivity contribution in [2.45, 2.75) is 18.4 Å². The van der Waals surface area contributed by atoms with Gasteiger partial charge >= 0.3 is 6.61 Å². The number of benzene rings is 3. The van der Waals surface area contributed by atoms with Gasteiger partial charge in [0, 0.05) is 28.6 Å². The van der Waals surface area contributed by atoms with Crippen LogP contribution in [0.15, 0.2) is 71.6 Å². The molecule has 3 rings (SSSR count). The van der Waals surface area contributed by atoms with E-state index in [9.17, 15) is 32.1 Å². The van der Waals surface area contributed by atoms with E-state index in [-0.39, 0.29) is 27.6 Å². The Morgan fingerprint density at radius 3 is 2.18 bits per heavy atom.